The summed E-state index contributed by atoms with van der Waals surface area (Å²) in [4.78, 5) is 14.5. The Morgan fingerprint density at radius 3 is 2.33 bits per heavy atom. The van der Waals surface area contributed by atoms with Gasteiger partial charge in [0.25, 0.3) is 5.91 Å². The fraction of sp³-hybridized carbons (Fsp3) is 0.318. The molecule has 0 spiro atoms. The Labute approximate surface area is 191 Å². The number of hydrogen-bond acceptors (Lipinski definition) is 5. The Balaban J connectivity index is 1.91. The van der Waals surface area contributed by atoms with Crippen LogP contribution in [0.5, 0.6) is 11.5 Å². The number of nitrogens with zero attached hydrogens (tertiary/aromatic N) is 3. The molecule has 1 amide bonds. The van der Waals surface area contributed by atoms with Gasteiger partial charge in [0.2, 0.25) is 0 Å². The van der Waals surface area contributed by atoms with E-state index in [4.69, 9.17) is 26.3 Å². The van der Waals surface area contributed by atoms with Crippen LogP contribution in [0.25, 0.3) is 0 Å². The third-order valence-electron chi connectivity index (χ3n) is 5.26. The van der Waals surface area contributed by atoms with Crippen molar-refractivity contribution < 1.29 is 31.8 Å². The first kappa shape index (κ1) is 24.1. The van der Waals surface area contributed by atoms with E-state index in [-0.39, 0.29) is 52.2 Å². The molecule has 0 bridgehead atoms. The Morgan fingerprint density at radius 1 is 1.18 bits per heavy atom. The smallest absolute Gasteiger partial charge is 0.425 e. The first-order valence-corrected chi connectivity index (χ1v) is 9.93. The second-order valence-corrected chi connectivity index (χ2v) is 7.66. The summed E-state index contributed by atoms with van der Waals surface area (Å²) in [5, 5.41) is 18.0. The number of nitriles is 2. The minimum Gasteiger partial charge on any atom is -0.494 e. The number of benzene rings is 2. The Hall–Kier alpha value is -3.50. The second kappa shape index (κ2) is 9.16. The first-order chi connectivity index (χ1) is 15.5. The van der Waals surface area contributed by atoms with E-state index in [2.05, 4.69) is 0 Å². The quantitative estimate of drug-likeness (QED) is 0.572. The SMILES string of the molecule is COc1c(C#N)ccc(OC(C)C(F)(F)F)c1C(=O)N1CC(c2ccc(C#N)c(F)c2Cl)C1. The molecule has 6 nitrogen and oxygen atoms in total. The molecule has 11 heteroatoms. The van der Waals surface area contributed by atoms with E-state index in [0.29, 0.717) is 5.56 Å². The predicted octanol–water partition coefficient (Wildman–Crippen LogP) is 4.80. The summed E-state index contributed by atoms with van der Waals surface area (Å²) in [7, 11) is 1.18. The summed E-state index contributed by atoms with van der Waals surface area (Å²) in [6.07, 6.45) is -6.90. The monoisotopic (exact) mass is 481 g/mol. The molecular weight excluding hydrogens is 466 g/mol. The van der Waals surface area contributed by atoms with Crippen LogP contribution in [0.15, 0.2) is 24.3 Å². The van der Waals surface area contributed by atoms with Crippen LogP contribution in [0.1, 0.15) is 39.9 Å². The maximum Gasteiger partial charge on any atom is 0.425 e. The molecule has 2 aromatic rings. The van der Waals surface area contributed by atoms with Crippen LogP contribution in [0, 0.1) is 28.5 Å². The zero-order chi connectivity index (χ0) is 24.5. The Morgan fingerprint density at radius 2 is 1.79 bits per heavy atom. The van der Waals surface area contributed by atoms with Crippen molar-refractivity contribution in [3.63, 3.8) is 0 Å². The third kappa shape index (κ3) is 4.53. The summed E-state index contributed by atoms with van der Waals surface area (Å²) in [5.74, 6) is -2.52. The molecule has 0 N–H and O–H groups in total. The molecule has 0 radical (unpaired) electrons. The van der Waals surface area contributed by atoms with Crippen molar-refractivity contribution in [1.82, 2.24) is 4.90 Å². The summed E-state index contributed by atoms with van der Waals surface area (Å²) < 4.78 is 63.4. The van der Waals surface area contributed by atoms with E-state index >= 15 is 0 Å². The summed E-state index contributed by atoms with van der Waals surface area (Å²) >= 11 is 6.03. The van der Waals surface area contributed by atoms with E-state index in [9.17, 15) is 27.6 Å². The summed E-state index contributed by atoms with van der Waals surface area (Å²) in [6, 6.07) is 8.60. The molecule has 1 fully saturated rings. The van der Waals surface area contributed by atoms with Crippen LogP contribution in [-0.4, -0.2) is 43.3 Å². The fourth-order valence-corrected chi connectivity index (χ4v) is 3.71. The van der Waals surface area contributed by atoms with Gasteiger partial charge in [-0.25, -0.2) is 4.39 Å². The molecule has 2 aromatic carbocycles. The van der Waals surface area contributed by atoms with Crippen molar-refractivity contribution in [2.45, 2.75) is 25.1 Å². The highest BCUT2D eigenvalue weighted by molar-refractivity contribution is 6.31. The lowest BCUT2D eigenvalue weighted by Crippen LogP contribution is -2.48. The number of amides is 1. The zero-order valence-corrected chi connectivity index (χ0v) is 18.1. The minimum absolute atomic E-state index is 0.0536. The first-order valence-electron chi connectivity index (χ1n) is 9.55. The predicted molar refractivity (Wildman–Crippen MR) is 109 cm³/mol. The van der Waals surface area contributed by atoms with Gasteiger partial charge in [0.15, 0.2) is 17.7 Å². The molecule has 1 atom stereocenters. The van der Waals surface area contributed by atoms with E-state index in [0.717, 1.165) is 13.0 Å². The van der Waals surface area contributed by atoms with Gasteiger partial charge in [-0.1, -0.05) is 17.7 Å². The van der Waals surface area contributed by atoms with Gasteiger partial charge >= 0.3 is 6.18 Å². The number of alkyl halides is 3. The number of carbonyl (C=O) groups is 1. The average Bonchev–Trinajstić information content (AvgIpc) is 2.74. The van der Waals surface area contributed by atoms with Crippen LogP contribution in [0.3, 0.4) is 0 Å². The lowest BCUT2D eigenvalue weighted by molar-refractivity contribution is -0.189. The van der Waals surface area contributed by atoms with Gasteiger partial charge in [-0.15, -0.1) is 0 Å². The molecule has 0 aromatic heterocycles. The molecule has 1 saturated heterocycles. The number of carbonyl (C=O) groups excluding carboxylic acids is 1. The Bertz CT molecular complexity index is 1180. The number of ether oxygens (including phenoxy) is 2. The topological polar surface area (TPSA) is 86.3 Å². The van der Waals surface area contributed by atoms with Crippen LogP contribution < -0.4 is 9.47 Å². The molecule has 3 rings (SSSR count). The third-order valence-corrected chi connectivity index (χ3v) is 5.65. The van der Waals surface area contributed by atoms with Crippen LogP contribution in [-0.2, 0) is 0 Å². The molecule has 1 heterocycles. The molecule has 1 aliphatic heterocycles. The number of rotatable bonds is 5. The number of methoxy groups -OCH3 is 1. The van der Waals surface area contributed by atoms with Crippen molar-refractivity contribution in [2.75, 3.05) is 20.2 Å². The maximum atomic E-state index is 14.2. The molecule has 0 saturated carbocycles. The van der Waals surface area contributed by atoms with Gasteiger partial charge in [0.1, 0.15) is 23.5 Å². The van der Waals surface area contributed by atoms with Gasteiger partial charge in [-0.2, -0.15) is 23.7 Å². The van der Waals surface area contributed by atoms with Crippen molar-refractivity contribution in [3.8, 4) is 23.6 Å². The van der Waals surface area contributed by atoms with E-state index in [1.165, 1.54) is 30.2 Å². The lowest BCUT2D eigenvalue weighted by Gasteiger charge is -2.40. The highest BCUT2D eigenvalue weighted by atomic mass is 35.5. The summed E-state index contributed by atoms with van der Waals surface area (Å²) in [6.45, 7) is 0.955. The van der Waals surface area contributed by atoms with E-state index in [1.54, 1.807) is 6.07 Å². The van der Waals surface area contributed by atoms with Crippen molar-refractivity contribution in [3.05, 3.63) is 57.4 Å². The minimum atomic E-state index is -4.68. The van der Waals surface area contributed by atoms with E-state index < -0.39 is 24.0 Å². The number of likely N-dealkylation sites (tertiary alicyclic amines) is 1. The van der Waals surface area contributed by atoms with Crippen LogP contribution in [0.2, 0.25) is 5.02 Å². The highest BCUT2D eigenvalue weighted by Crippen LogP contribution is 2.39. The van der Waals surface area contributed by atoms with Gasteiger partial charge in [-0.3, -0.25) is 4.79 Å². The average molecular weight is 482 g/mol. The van der Waals surface area contributed by atoms with Gasteiger partial charge in [-0.05, 0) is 30.7 Å². The zero-order valence-electron chi connectivity index (χ0n) is 17.3. The van der Waals surface area contributed by atoms with Crippen molar-refractivity contribution in [1.29, 1.82) is 10.5 Å². The largest absolute Gasteiger partial charge is 0.494 e. The molecule has 33 heavy (non-hydrogen) atoms. The second-order valence-electron chi connectivity index (χ2n) is 7.28. The molecular formula is C22H16ClF4N3O3. The van der Waals surface area contributed by atoms with Crippen molar-refractivity contribution >= 4 is 17.5 Å². The van der Waals surface area contributed by atoms with Gasteiger partial charge in [0.05, 0.1) is 23.3 Å². The standard InChI is InChI=1S/C22H16ClF4N3O3/c1-11(22(25,26)27)33-16-6-4-13(8-29)20(32-2)17(16)21(31)30-9-14(10-30)15-5-3-12(7-28)19(24)18(15)23/h3-6,11,14H,9-10H2,1-2H3. The molecule has 0 aliphatic carbocycles. The normalized spacial score (nSPS) is 14.6. The highest BCUT2D eigenvalue weighted by Gasteiger charge is 2.41. The molecule has 1 unspecified atom stereocenters. The molecule has 1 aliphatic rings. The maximum absolute atomic E-state index is 14.2. The summed E-state index contributed by atoms with van der Waals surface area (Å²) in [5.41, 5.74) is -0.183. The fourth-order valence-electron chi connectivity index (χ4n) is 3.39. The van der Waals surface area contributed by atoms with Gasteiger partial charge in [0, 0.05) is 19.0 Å². The van der Waals surface area contributed by atoms with E-state index in [1.807, 2.05) is 6.07 Å². The van der Waals surface area contributed by atoms with Crippen LogP contribution >= 0.6 is 11.6 Å². The lowest BCUT2D eigenvalue weighted by atomic mass is 9.89. The molecule has 172 valence electrons. The van der Waals surface area contributed by atoms with Gasteiger partial charge < -0.3 is 14.4 Å². The number of hydrogen-bond donors (Lipinski definition) is 0. The van der Waals surface area contributed by atoms with Crippen molar-refractivity contribution in [2.24, 2.45) is 0 Å². The van der Waals surface area contributed by atoms with Crippen LogP contribution in [0.4, 0.5) is 17.6 Å². The Kier molecular flexibility index (Phi) is 6.71. The number of halogens is 5.